The second-order valence-electron chi connectivity index (χ2n) is 3.41. The molecule has 0 atom stereocenters. The highest BCUT2D eigenvalue weighted by Crippen LogP contribution is 2.22. The molecular weight excluding hydrogens is 210 g/mol. The standard InChI is InChI=1S/C10H9N3O3/c1-13(10(11)16)5-2-3-6-7(4-5)9(15)12-8(6)14/h2-4H,1H3,(H2,11,16)(H,12,14,15). The van der Waals surface area contributed by atoms with E-state index in [4.69, 9.17) is 5.73 Å². The molecule has 0 radical (unpaired) electrons. The number of hydrogen-bond donors (Lipinski definition) is 2. The molecule has 3 N–H and O–H groups in total. The molecule has 0 unspecified atom stereocenters. The van der Waals surface area contributed by atoms with Crippen LogP contribution in [-0.4, -0.2) is 24.9 Å². The minimum Gasteiger partial charge on any atom is -0.351 e. The number of carbonyl (C=O) groups excluding carboxylic acids is 3. The van der Waals surface area contributed by atoms with Gasteiger partial charge in [0.05, 0.1) is 11.1 Å². The highest BCUT2D eigenvalue weighted by Gasteiger charge is 2.27. The summed E-state index contributed by atoms with van der Waals surface area (Å²) in [6.07, 6.45) is 0. The summed E-state index contributed by atoms with van der Waals surface area (Å²) in [5.41, 5.74) is 6.13. The van der Waals surface area contributed by atoms with E-state index in [9.17, 15) is 14.4 Å². The van der Waals surface area contributed by atoms with Gasteiger partial charge in [0.2, 0.25) is 0 Å². The maximum Gasteiger partial charge on any atom is 0.318 e. The van der Waals surface area contributed by atoms with Crippen LogP contribution in [0.1, 0.15) is 20.7 Å². The predicted octanol–water partition coefficient (Wildman–Crippen LogP) is 0.0851. The summed E-state index contributed by atoms with van der Waals surface area (Å²) in [6, 6.07) is 3.87. The number of anilines is 1. The number of primary amides is 1. The van der Waals surface area contributed by atoms with E-state index in [-0.39, 0.29) is 5.56 Å². The molecule has 1 aromatic carbocycles. The number of carbonyl (C=O) groups is 3. The van der Waals surface area contributed by atoms with Crippen LogP contribution in [0.4, 0.5) is 10.5 Å². The number of fused-ring (bicyclic) bond motifs is 1. The van der Waals surface area contributed by atoms with Crippen molar-refractivity contribution in [1.82, 2.24) is 5.32 Å². The topological polar surface area (TPSA) is 92.5 Å². The van der Waals surface area contributed by atoms with Crippen molar-refractivity contribution in [3.63, 3.8) is 0 Å². The minimum absolute atomic E-state index is 0.260. The molecule has 1 aliphatic rings. The zero-order chi connectivity index (χ0) is 11.9. The van der Waals surface area contributed by atoms with Gasteiger partial charge in [-0.1, -0.05) is 0 Å². The van der Waals surface area contributed by atoms with Crippen LogP contribution < -0.4 is 16.0 Å². The van der Waals surface area contributed by atoms with Gasteiger partial charge in [0.1, 0.15) is 0 Å². The zero-order valence-electron chi connectivity index (χ0n) is 8.48. The number of nitrogens with zero attached hydrogens (tertiary/aromatic N) is 1. The van der Waals surface area contributed by atoms with Gasteiger partial charge >= 0.3 is 6.03 Å². The molecule has 0 aliphatic carbocycles. The quantitative estimate of drug-likeness (QED) is 0.655. The van der Waals surface area contributed by atoms with Crippen LogP contribution >= 0.6 is 0 Å². The van der Waals surface area contributed by atoms with E-state index >= 15 is 0 Å². The molecule has 0 saturated carbocycles. The molecule has 6 heteroatoms. The van der Waals surface area contributed by atoms with Gasteiger partial charge in [0.15, 0.2) is 0 Å². The molecule has 0 saturated heterocycles. The molecule has 16 heavy (non-hydrogen) atoms. The summed E-state index contributed by atoms with van der Waals surface area (Å²) in [5.74, 6) is -0.881. The Morgan fingerprint density at radius 3 is 2.50 bits per heavy atom. The van der Waals surface area contributed by atoms with Crippen LogP contribution in [0, 0.1) is 0 Å². The van der Waals surface area contributed by atoms with Gasteiger partial charge in [-0.3, -0.25) is 19.8 Å². The highest BCUT2D eigenvalue weighted by atomic mass is 16.2. The van der Waals surface area contributed by atoms with Gasteiger partial charge in [-0.2, -0.15) is 0 Å². The summed E-state index contributed by atoms with van der Waals surface area (Å²) in [5, 5.41) is 2.17. The molecule has 0 fully saturated rings. The molecular formula is C10H9N3O3. The average Bonchev–Trinajstić information content (AvgIpc) is 2.53. The summed E-state index contributed by atoms with van der Waals surface area (Å²) in [4.78, 5) is 34.7. The van der Waals surface area contributed by atoms with Crippen molar-refractivity contribution >= 4 is 23.5 Å². The average molecular weight is 219 g/mol. The molecule has 0 aromatic heterocycles. The molecule has 1 heterocycles. The smallest absolute Gasteiger partial charge is 0.318 e. The molecule has 4 amide bonds. The number of hydrogen-bond acceptors (Lipinski definition) is 3. The highest BCUT2D eigenvalue weighted by molar-refractivity contribution is 6.22. The van der Waals surface area contributed by atoms with E-state index in [0.717, 1.165) is 0 Å². The van der Waals surface area contributed by atoms with Crippen molar-refractivity contribution in [2.45, 2.75) is 0 Å². The van der Waals surface area contributed by atoms with Gasteiger partial charge < -0.3 is 5.73 Å². The van der Waals surface area contributed by atoms with Gasteiger partial charge in [-0.15, -0.1) is 0 Å². The fraction of sp³-hybridized carbons (Fsp3) is 0.100. The fourth-order valence-corrected chi connectivity index (χ4v) is 1.49. The Morgan fingerprint density at radius 1 is 1.25 bits per heavy atom. The van der Waals surface area contributed by atoms with Gasteiger partial charge in [0, 0.05) is 12.7 Å². The van der Waals surface area contributed by atoms with Crippen molar-refractivity contribution in [2.24, 2.45) is 5.73 Å². The normalized spacial score (nSPS) is 13.3. The van der Waals surface area contributed by atoms with Gasteiger partial charge in [0.25, 0.3) is 11.8 Å². The number of benzene rings is 1. The Balaban J connectivity index is 2.48. The lowest BCUT2D eigenvalue weighted by atomic mass is 10.1. The Morgan fingerprint density at radius 2 is 1.88 bits per heavy atom. The summed E-state index contributed by atoms with van der Waals surface area (Å²) in [7, 11) is 1.48. The maximum absolute atomic E-state index is 11.4. The number of urea groups is 1. The maximum atomic E-state index is 11.4. The van der Waals surface area contributed by atoms with Gasteiger partial charge in [-0.05, 0) is 18.2 Å². The SMILES string of the molecule is CN(C(N)=O)c1ccc2c(c1)C(=O)NC2=O. The van der Waals surface area contributed by atoms with Crippen LogP contribution in [-0.2, 0) is 0 Å². The van der Waals surface area contributed by atoms with Crippen LogP contribution in [0.5, 0.6) is 0 Å². The molecule has 6 nitrogen and oxygen atoms in total. The van der Waals surface area contributed by atoms with Crippen LogP contribution in [0.3, 0.4) is 0 Å². The Bertz CT molecular complexity index is 510. The molecule has 82 valence electrons. The third kappa shape index (κ3) is 1.40. The number of nitrogens with two attached hydrogens (primary N) is 1. The summed E-state index contributed by atoms with van der Waals surface area (Å²) in [6.45, 7) is 0. The van der Waals surface area contributed by atoms with Crippen molar-refractivity contribution in [3.8, 4) is 0 Å². The van der Waals surface area contributed by atoms with E-state index in [2.05, 4.69) is 5.32 Å². The van der Waals surface area contributed by atoms with Crippen molar-refractivity contribution in [3.05, 3.63) is 29.3 Å². The minimum atomic E-state index is -0.635. The lowest BCUT2D eigenvalue weighted by Gasteiger charge is -2.14. The van der Waals surface area contributed by atoms with Crippen LogP contribution in [0.2, 0.25) is 0 Å². The van der Waals surface area contributed by atoms with E-state index < -0.39 is 17.8 Å². The van der Waals surface area contributed by atoms with Gasteiger partial charge in [-0.25, -0.2) is 4.79 Å². The monoisotopic (exact) mass is 219 g/mol. The third-order valence-electron chi connectivity index (χ3n) is 2.44. The third-order valence-corrected chi connectivity index (χ3v) is 2.44. The second kappa shape index (κ2) is 3.34. The number of imide groups is 1. The molecule has 2 rings (SSSR count). The Kier molecular flexibility index (Phi) is 2.12. The van der Waals surface area contributed by atoms with E-state index in [1.807, 2.05) is 0 Å². The number of rotatable bonds is 1. The van der Waals surface area contributed by atoms with E-state index in [0.29, 0.717) is 11.3 Å². The van der Waals surface area contributed by atoms with Crippen molar-refractivity contribution in [2.75, 3.05) is 11.9 Å². The van der Waals surface area contributed by atoms with Crippen molar-refractivity contribution in [1.29, 1.82) is 0 Å². The number of nitrogens with one attached hydrogen (secondary N) is 1. The first-order valence-corrected chi connectivity index (χ1v) is 4.53. The molecule has 1 aromatic rings. The molecule has 1 aliphatic heterocycles. The number of amides is 4. The first kappa shape index (κ1) is 10.2. The molecule has 0 spiro atoms. The van der Waals surface area contributed by atoms with E-state index in [1.54, 1.807) is 6.07 Å². The lowest BCUT2D eigenvalue weighted by Crippen LogP contribution is -2.31. The molecule has 0 bridgehead atoms. The van der Waals surface area contributed by atoms with E-state index in [1.165, 1.54) is 24.1 Å². The van der Waals surface area contributed by atoms with Crippen LogP contribution in [0.15, 0.2) is 18.2 Å². The Hall–Kier alpha value is -2.37. The van der Waals surface area contributed by atoms with Crippen LogP contribution in [0.25, 0.3) is 0 Å². The largest absolute Gasteiger partial charge is 0.351 e. The first-order chi connectivity index (χ1) is 7.50. The first-order valence-electron chi connectivity index (χ1n) is 4.53. The Labute approximate surface area is 91.0 Å². The summed E-state index contributed by atoms with van der Waals surface area (Å²) < 4.78 is 0. The predicted molar refractivity (Wildman–Crippen MR) is 56.2 cm³/mol. The summed E-state index contributed by atoms with van der Waals surface area (Å²) >= 11 is 0. The lowest BCUT2D eigenvalue weighted by molar-refractivity contribution is 0.0879. The fourth-order valence-electron chi connectivity index (χ4n) is 1.49. The second-order valence-corrected chi connectivity index (χ2v) is 3.41. The van der Waals surface area contributed by atoms with Crippen molar-refractivity contribution < 1.29 is 14.4 Å². The zero-order valence-corrected chi connectivity index (χ0v) is 8.48.